The van der Waals surface area contributed by atoms with Crippen LogP contribution in [0.2, 0.25) is 0 Å². The smallest absolute Gasteiger partial charge is 0.160 e. The first-order valence-electron chi connectivity index (χ1n) is 10.4. The molecule has 1 aromatic carbocycles. The van der Waals surface area contributed by atoms with E-state index in [0.717, 1.165) is 0 Å². The predicted octanol–water partition coefficient (Wildman–Crippen LogP) is 4.17. The van der Waals surface area contributed by atoms with E-state index in [1.165, 1.54) is 12.4 Å². The molecule has 1 fully saturated rings. The quantitative estimate of drug-likeness (QED) is 0.444. The first-order chi connectivity index (χ1) is 15.6. The number of aliphatic imine (C=N–C) groups is 1. The summed E-state index contributed by atoms with van der Waals surface area (Å²) in [4.78, 5) is 17.5. The molecule has 0 spiro atoms. The van der Waals surface area contributed by atoms with E-state index in [4.69, 9.17) is 10.5 Å². The van der Waals surface area contributed by atoms with Crippen LogP contribution in [0.3, 0.4) is 0 Å². The summed E-state index contributed by atoms with van der Waals surface area (Å²) < 4.78 is 41.5. The van der Waals surface area contributed by atoms with Gasteiger partial charge in [-0.25, -0.2) is 19.3 Å². The van der Waals surface area contributed by atoms with Gasteiger partial charge in [-0.3, -0.25) is 14.1 Å². The number of halogens is 1. The number of methoxy groups -OCH3 is 1. The van der Waals surface area contributed by atoms with Gasteiger partial charge in [0.05, 0.1) is 24.1 Å². The van der Waals surface area contributed by atoms with Crippen LogP contribution in [0.1, 0.15) is 32.3 Å². The highest BCUT2D eigenvalue weighted by atomic mass is 32.3. The summed E-state index contributed by atoms with van der Waals surface area (Å²) in [6, 6.07) is 6.25. The number of amidine groups is 1. The molecule has 9 nitrogen and oxygen atoms in total. The topological polar surface area (TPSA) is 139 Å². The molecule has 0 amide bonds. The maximum atomic E-state index is 15.1. The zero-order valence-corrected chi connectivity index (χ0v) is 19.2. The SMILES string of the molecule is COc1cnc2c(Nc3ccc(F)c([C@@]4(C)N=C(N)[C@@]5(C)CC[C@@H]4S5(O)O)c3)ncnc2c1. The zero-order chi connectivity index (χ0) is 23.6. The van der Waals surface area contributed by atoms with Crippen molar-refractivity contribution < 1.29 is 18.2 Å². The first kappa shape index (κ1) is 21.8. The van der Waals surface area contributed by atoms with Crippen LogP contribution in [0, 0.1) is 5.82 Å². The summed E-state index contributed by atoms with van der Waals surface area (Å²) in [5, 5.41) is 2.53. The van der Waals surface area contributed by atoms with E-state index in [9.17, 15) is 9.11 Å². The monoisotopic (exact) mass is 472 g/mol. The largest absolute Gasteiger partial charge is 0.495 e. The van der Waals surface area contributed by atoms with Crippen LogP contribution in [0.4, 0.5) is 15.9 Å². The molecule has 2 aliphatic heterocycles. The minimum absolute atomic E-state index is 0.149. The van der Waals surface area contributed by atoms with Gasteiger partial charge in [-0.15, -0.1) is 0 Å². The van der Waals surface area contributed by atoms with Crippen LogP contribution in [0.25, 0.3) is 11.0 Å². The molecule has 11 heteroatoms. The molecule has 5 N–H and O–H groups in total. The van der Waals surface area contributed by atoms with E-state index in [2.05, 4.69) is 25.3 Å². The van der Waals surface area contributed by atoms with Crippen molar-refractivity contribution in [3.05, 3.63) is 48.2 Å². The lowest BCUT2D eigenvalue weighted by Gasteiger charge is -2.54. The fourth-order valence-corrected chi connectivity index (χ4v) is 7.51. The molecule has 0 unspecified atom stereocenters. The molecule has 5 rings (SSSR count). The molecule has 174 valence electrons. The lowest BCUT2D eigenvalue weighted by molar-refractivity contribution is 0.386. The average Bonchev–Trinajstić information content (AvgIpc) is 2.97. The van der Waals surface area contributed by atoms with Crippen molar-refractivity contribution >= 4 is 39.0 Å². The number of pyridine rings is 1. The van der Waals surface area contributed by atoms with E-state index in [1.54, 1.807) is 45.4 Å². The van der Waals surface area contributed by atoms with Gasteiger partial charge in [0.15, 0.2) is 5.82 Å². The summed E-state index contributed by atoms with van der Waals surface area (Å²) in [6.45, 7) is 3.43. The fraction of sp³-hybridized carbons (Fsp3) is 0.364. The molecular formula is C22H25FN6O3S. The number of hydrogen-bond acceptors (Lipinski definition) is 9. The molecule has 2 aliphatic rings. The van der Waals surface area contributed by atoms with Gasteiger partial charge >= 0.3 is 0 Å². The number of nitrogens with zero attached hydrogens (tertiary/aromatic N) is 4. The molecule has 0 aliphatic carbocycles. The third-order valence-electron chi connectivity index (χ3n) is 6.93. The summed E-state index contributed by atoms with van der Waals surface area (Å²) >= 11 is 0. The van der Waals surface area contributed by atoms with Crippen molar-refractivity contribution in [2.75, 3.05) is 12.4 Å². The van der Waals surface area contributed by atoms with Gasteiger partial charge in [0.2, 0.25) is 0 Å². The molecule has 0 radical (unpaired) electrons. The van der Waals surface area contributed by atoms with Crippen molar-refractivity contribution in [2.24, 2.45) is 10.7 Å². The second-order valence-corrected chi connectivity index (χ2v) is 11.4. The van der Waals surface area contributed by atoms with Gasteiger partial charge < -0.3 is 15.8 Å². The second-order valence-electron chi connectivity index (χ2n) is 8.78. The standard InChI is InChI=1S/C22H25FN6O3S/c1-21-7-6-17(33(21,30)31)22(2,29-20(21)24)14-8-12(4-5-15(14)23)28-19-18-16(26-11-27-19)9-13(32-3)10-25-18/h4-5,8-11,17,30-31H,6-7H2,1-3H3,(H2,24,29)(H,26,27,28)/t17-,21+,22+/m0/s1. The number of anilines is 2. The van der Waals surface area contributed by atoms with Gasteiger partial charge in [0.25, 0.3) is 0 Å². The molecule has 3 atom stereocenters. The Hall–Kier alpha value is -3.02. The van der Waals surface area contributed by atoms with E-state index < -0.39 is 31.9 Å². The van der Waals surface area contributed by atoms with Crippen LogP contribution in [0.5, 0.6) is 5.75 Å². The minimum atomic E-state index is -3.14. The molecule has 3 aromatic rings. The van der Waals surface area contributed by atoms with Crippen LogP contribution < -0.4 is 15.8 Å². The van der Waals surface area contributed by atoms with E-state index >= 15 is 4.39 Å². The number of rotatable bonds is 4. The molecule has 1 saturated heterocycles. The number of hydrogen-bond donors (Lipinski definition) is 4. The zero-order valence-electron chi connectivity index (χ0n) is 18.4. The second kappa shape index (κ2) is 7.24. The number of fused-ring (bicyclic) bond motifs is 3. The maximum Gasteiger partial charge on any atom is 0.160 e. The van der Waals surface area contributed by atoms with Crippen LogP contribution in [-0.4, -0.2) is 47.0 Å². The Labute approximate surface area is 191 Å². The van der Waals surface area contributed by atoms with E-state index in [1.807, 2.05) is 0 Å². The fourth-order valence-electron chi connectivity index (χ4n) is 4.85. The Kier molecular flexibility index (Phi) is 4.78. The Morgan fingerprint density at radius 1 is 1.21 bits per heavy atom. The van der Waals surface area contributed by atoms with Crippen LogP contribution >= 0.6 is 10.6 Å². The number of benzene rings is 1. The third kappa shape index (κ3) is 3.06. The van der Waals surface area contributed by atoms with Crippen LogP contribution in [-0.2, 0) is 5.54 Å². The Morgan fingerprint density at radius 2 is 2.00 bits per heavy atom. The normalized spacial score (nSPS) is 28.9. The Balaban J connectivity index is 1.57. The Morgan fingerprint density at radius 3 is 2.76 bits per heavy atom. The van der Waals surface area contributed by atoms with E-state index in [-0.39, 0.29) is 11.4 Å². The molecule has 33 heavy (non-hydrogen) atoms. The highest BCUT2D eigenvalue weighted by molar-refractivity contribution is 8.26. The maximum absolute atomic E-state index is 15.1. The van der Waals surface area contributed by atoms with Crippen molar-refractivity contribution in [1.29, 1.82) is 0 Å². The predicted molar refractivity (Wildman–Crippen MR) is 127 cm³/mol. The van der Waals surface area contributed by atoms with Crippen LogP contribution in [0.15, 0.2) is 41.8 Å². The number of nitrogens with one attached hydrogen (secondary N) is 1. The average molecular weight is 473 g/mol. The first-order valence-corrected chi connectivity index (χ1v) is 12.1. The van der Waals surface area contributed by atoms with Crippen molar-refractivity contribution in [2.45, 2.75) is 42.2 Å². The lowest BCUT2D eigenvalue weighted by Crippen LogP contribution is -2.53. The molecule has 2 aromatic heterocycles. The summed E-state index contributed by atoms with van der Waals surface area (Å²) in [5.74, 6) is 0.659. The molecule has 2 bridgehead atoms. The number of nitrogens with two attached hydrogens (primary N) is 1. The molecule has 0 saturated carbocycles. The number of aromatic nitrogens is 3. The lowest BCUT2D eigenvalue weighted by atomic mass is 9.86. The summed E-state index contributed by atoms with van der Waals surface area (Å²) in [6.07, 6.45) is 3.94. The third-order valence-corrected chi connectivity index (χ3v) is 10.2. The van der Waals surface area contributed by atoms with Crippen molar-refractivity contribution in [1.82, 2.24) is 15.0 Å². The van der Waals surface area contributed by atoms with Gasteiger partial charge in [-0.05, 0) is 44.9 Å². The van der Waals surface area contributed by atoms with Gasteiger partial charge in [0, 0.05) is 17.3 Å². The highest BCUT2D eigenvalue weighted by Crippen LogP contribution is 2.71. The van der Waals surface area contributed by atoms with Gasteiger partial charge in [-0.2, -0.15) is 10.6 Å². The minimum Gasteiger partial charge on any atom is -0.495 e. The summed E-state index contributed by atoms with van der Waals surface area (Å²) in [5.41, 5.74) is 6.88. The molecule has 4 heterocycles. The van der Waals surface area contributed by atoms with Crippen molar-refractivity contribution in [3.63, 3.8) is 0 Å². The van der Waals surface area contributed by atoms with Gasteiger partial charge in [-0.1, -0.05) is 0 Å². The van der Waals surface area contributed by atoms with Gasteiger partial charge in [0.1, 0.15) is 39.5 Å². The van der Waals surface area contributed by atoms with Crippen molar-refractivity contribution in [3.8, 4) is 5.75 Å². The summed E-state index contributed by atoms with van der Waals surface area (Å²) in [7, 11) is -1.59. The van der Waals surface area contributed by atoms with E-state index in [0.29, 0.717) is 41.1 Å². The Bertz CT molecular complexity index is 1300. The number of ether oxygens (including phenoxy) is 1. The highest BCUT2D eigenvalue weighted by Gasteiger charge is 2.62. The molecular weight excluding hydrogens is 447 g/mol.